The van der Waals surface area contributed by atoms with Crippen molar-refractivity contribution >= 4 is 5.91 Å². The molecule has 4 rings (SSSR count). The van der Waals surface area contributed by atoms with Crippen LogP contribution in [-0.4, -0.2) is 43.2 Å². The third-order valence-electron chi connectivity index (χ3n) is 6.30. The summed E-state index contributed by atoms with van der Waals surface area (Å²) in [5.41, 5.74) is 0.215. The predicted molar refractivity (Wildman–Crippen MR) is 95.1 cm³/mol. The minimum absolute atomic E-state index is 0.181. The van der Waals surface area contributed by atoms with Crippen molar-refractivity contribution in [2.24, 2.45) is 11.3 Å². The number of furan rings is 1. The average molecular weight is 346 g/mol. The molecule has 3 fully saturated rings. The molecule has 5 heteroatoms. The summed E-state index contributed by atoms with van der Waals surface area (Å²) in [5.74, 6) is 2.89. The Labute approximate surface area is 150 Å². The highest BCUT2D eigenvalue weighted by Gasteiger charge is 2.44. The molecule has 0 bridgehead atoms. The van der Waals surface area contributed by atoms with Crippen LogP contribution in [0.2, 0.25) is 0 Å². The highest BCUT2D eigenvalue weighted by molar-refractivity contribution is 5.77. The number of carbonyl (C=O) groups excluding carboxylic acids is 1. The van der Waals surface area contributed by atoms with E-state index in [0.717, 1.165) is 57.0 Å². The molecule has 3 heterocycles. The van der Waals surface area contributed by atoms with Crippen LogP contribution in [0.3, 0.4) is 0 Å². The van der Waals surface area contributed by atoms with Crippen molar-refractivity contribution < 1.29 is 13.9 Å². The highest BCUT2D eigenvalue weighted by atomic mass is 16.5. The second kappa shape index (κ2) is 7.12. The lowest BCUT2D eigenvalue weighted by molar-refractivity contribution is -0.127. The van der Waals surface area contributed by atoms with Crippen LogP contribution in [0.25, 0.3) is 0 Å². The van der Waals surface area contributed by atoms with Crippen molar-refractivity contribution in [1.29, 1.82) is 0 Å². The molecule has 138 valence electrons. The van der Waals surface area contributed by atoms with E-state index in [2.05, 4.69) is 16.3 Å². The van der Waals surface area contributed by atoms with Crippen molar-refractivity contribution in [2.45, 2.75) is 58.0 Å². The number of nitrogens with zero attached hydrogens (tertiary/aromatic N) is 1. The van der Waals surface area contributed by atoms with Gasteiger partial charge in [0.25, 0.3) is 0 Å². The molecule has 25 heavy (non-hydrogen) atoms. The maximum atomic E-state index is 12.3. The highest BCUT2D eigenvalue weighted by Crippen LogP contribution is 2.41. The van der Waals surface area contributed by atoms with Crippen molar-refractivity contribution in [3.05, 3.63) is 23.7 Å². The fourth-order valence-electron chi connectivity index (χ4n) is 4.41. The van der Waals surface area contributed by atoms with Crippen LogP contribution < -0.4 is 5.32 Å². The third kappa shape index (κ3) is 4.09. The van der Waals surface area contributed by atoms with E-state index in [1.165, 1.54) is 12.8 Å². The van der Waals surface area contributed by atoms with Crippen LogP contribution in [0.15, 0.2) is 16.5 Å². The Morgan fingerprint density at radius 1 is 1.28 bits per heavy atom. The minimum Gasteiger partial charge on any atom is -0.465 e. The number of hydrogen-bond acceptors (Lipinski definition) is 4. The van der Waals surface area contributed by atoms with Gasteiger partial charge in [-0.2, -0.15) is 0 Å². The summed E-state index contributed by atoms with van der Waals surface area (Å²) >= 11 is 0. The second-order valence-electron chi connectivity index (χ2n) is 8.24. The fraction of sp³-hybridized carbons (Fsp3) is 0.750. The molecule has 1 N–H and O–H groups in total. The molecule has 0 aromatic carbocycles. The number of amides is 1. The Kier molecular flexibility index (Phi) is 4.87. The van der Waals surface area contributed by atoms with Gasteiger partial charge < -0.3 is 14.5 Å². The van der Waals surface area contributed by atoms with E-state index in [-0.39, 0.29) is 17.4 Å². The molecule has 1 saturated carbocycles. The molecular formula is C20H30N2O3. The zero-order valence-corrected chi connectivity index (χ0v) is 15.3. The first-order chi connectivity index (χ1) is 12.1. The van der Waals surface area contributed by atoms with Gasteiger partial charge in [-0.15, -0.1) is 0 Å². The summed E-state index contributed by atoms with van der Waals surface area (Å²) in [6.45, 7) is 6.51. The Bertz CT molecular complexity index is 600. The molecule has 3 aliphatic rings. The number of likely N-dealkylation sites (tertiary alicyclic amines) is 1. The summed E-state index contributed by atoms with van der Waals surface area (Å²) in [6.07, 6.45) is 6.47. The summed E-state index contributed by atoms with van der Waals surface area (Å²) in [5, 5.41) is 3.32. The van der Waals surface area contributed by atoms with Gasteiger partial charge in [0.1, 0.15) is 11.5 Å². The van der Waals surface area contributed by atoms with Gasteiger partial charge in [0, 0.05) is 13.0 Å². The molecule has 1 aromatic rings. The first kappa shape index (κ1) is 17.1. The first-order valence-corrected chi connectivity index (χ1v) is 9.78. The fourth-order valence-corrected chi connectivity index (χ4v) is 4.41. The van der Waals surface area contributed by atoms with Gasteiger partial charge in [0.15, 0.2) is 0 Å². The monoisotopic (exact) mass is 346 g/mol. The lowest BCUT2D eigenvalue weighted by atomic mass is 9.69. The molecule has 1 aromatic heterocycles. The quantitative estimate of drug-likeness (QED) is 0.891. The summed E-state index contributed by atoms with van der Waals surface area (Å²) in [7, 11) is 0. The largest absolute Gasteiger partial charge is 0.465 e. The molecule has 2 saturated heterocycles. The molecule has 0 unspecified atom stereocenters. The number of rotatable bonds is 5. The van der Waals surface area contributed by atoms with E-state index in [1.54, 1.807) is 0 Å². The lowest BCUT2D eigenvalue weighted by Crippen LogP contribution is -2.57. The van der Waals surface area contributed by atoms with Crippen LogP contribution in [0.1, 0.15) is 50.0 Å². The summed E-state index contributed by atoms with van der Waals surface area (Å²) in [4.78, 5) is 14.8. The maximum absolute atomic E-state index is 12.3. The molecule has 1 spiro atoms. The van der Waals surface area contributed by atoms with Gasteiger partial charge in [-0.1, -0.05) is 0 Å². The Morgan fingerprint density at radius 3 is 2.76 bits per heavy atom. The normalized spacial score (nSPS) is 26.7. The SMILES string of the molecule is Cc1ccc(CN2CCC3(CCOC[C@H]3NC(=O)CC3CC3)CC2)o1. The topological polar surface area (TPSA) is 54.7 Å². The Hall–Kier alpha value is -1.33. The average Bonchev–Trinajstić information content (AvgIpc) is 3.32. The smallest absolute Gasteiger partial charge is 0.220 e. The van der Waals surface area contributed by atoms with Gasteiger partial charge in [-0.3, -0.25) is 9.69 Å². The minimum atomic E-state index is 0.181. The van der Waals surface area contributed by atoms with Gasteiger partial charge in [0.05, 0.1) is 19.2 Å². The number of aryl methyl sites for hydroxylation is 1. The molecule has 1 amide bonds. The number of nitrogens with one attached hydrogen (secondary N) is 1. The zero-order chi connectivity index (χ0) is 17.3. The van der Waals surface area contributed by atoms with Gasteiger partial charge in [0.2, 0.25) is 5.91 Å². The van der Waals surface area contributed by atoms with Crippen LogP contribution in [-0.2, 0) is 16.1 Å². The molecule has 0 radical (unpaired) electrons. The van der Waals surface area contributed by atoms with Gasteiger partial charge in [-0.05, 0) is 75.6 Å². The van der Waals surface area contributed by atoms with Crippen molar-refractivity contribution in [3.8, 4) is 0 Å². The summed E-state index contributed by atoms with van der Waals surface area (Å²) < 4.78 is 11.4. The predicted octanol–water partition coefficient (Wildman–Crippen LogP) is 2.88. The molecule has 2 aliphatic heterocycles. The second-order valence-corrected chi connectivity index (χ2v) is 8.24. The van der Waals surface area contributed by atoms with E-state index >= 15 is 0 Å². The summed E-state index contributed by atoms with van der Waals surface area (Å²) in [6, 6.07) is 4.29. The Morgan fingerprint density at radius 2 is 2.08 bits per heavy atom. The van der Waals surface area contributed by atoms with Crippen molar-refractivity contribution in [2.75, 3.05) is 26.3 Å². The molecule has 5 nitrogen and oxygen atoms in total. The maximum Gasteiger partial charge on any atom is 0.220 e. The van der Waals surface area contributed by atoms with E-state index in [1.807, 2.05) is 13.0 Å². The zero-order valence-electron chi connectivity index (χ0n) is 15.3. The lowest BCUT2D eigenvalue weighted by Gasteiger charge is -2.49. The van der Waals surface area contributed by atoms with E-state index in [4.69, 9.17) is 9.15 Å². The Balaban J connectivity index is 1.34. The molecule has 1 atom stereocenters. The van der Waals surface area contributed by atoms with E-state index in [9.17, 15) is 4.79 Å². The number of hydrogen-bond donors (Lipinski definition) is 1. The van der Waals surface area contributed by atoms with E-state index < -0.39 is 0 Å². The van der Waals surface area contributed by atoms with Gasteiger partial charge >= 0.3 is 0 Å². The molecule has 1 aliphatic carbocycles. The number of ether oxygens (including phenoxy) is 1. The van der Waals surface area contributed by atoms with Crippen molar-refractivity contribution in [1.82, 2.24) is 10.2 Å². The van der Waals surface area contributed by atoms with Gasteiger partial charge in [-0.25, -0.2) is 0 Å². The van der Waals surface area contributed by atoms with Crippen LogP contribution in [0.4, 0.5) is 0 Å². The molecular weight excluding hydrogens is 316 g/mol. The van der Waals surface area contributed by atoms with Crippen LogP contribution in [0, 0.1) is 18.3 Å². The van der Waals surface area contributed by atoms with Crippen LogP contribution in [0.5, 0.6) is 0 Å². The van der Waals surface area contributed by atoms with E-state index in [0.29, 0.717) is 18.9 Å². The third-order valence-corrected chi connectivity index (χ3v) is 6.30. The van der Waals surface area contributed by atoms with Crippen LogP contribution >= 0.6 is 0 Å². The first-order valence-electron chi connectivity index (χ1n) is 9.78. The van der Waals surface area contributed by atoms with Crippen molar-refractivity contribution in [3.63, 3.8) is 0 Å². The standard InChI is InChI=1S/C20H30N2O3/c1-15-2-5-17(25-15)13-22-9-6-20(7-10-22)8-11-24-14-18(20)21-19(23)12-16-3-4-16/h2,5,16,18H,3-4,6-14H2,1H3,(H,21,23)/t18-/m1/s1. The number of piperidine rings is 1. The number of carbonyl (C=O) groups is 1.